The van der Waals surface area contributed by atoms with Crippen LogP contribution in [0.5, 0.6) is 0 Å². The Morgan fingerprint density at radius 3 is 0.556 bits per heavy atom. The maximum atomic E-state index is 7.50. The van der Waals surface area contributed by atoms with Crippen molar-refractivity contribution in [2.75, 3.05) is 0 Å². The van der Waals surface area contributed by atoms with Crippen molar-refractivity contribution in [2.45, 2.75) is 0 Å². The molecule has 0 spiro atoms. The fourth-order valence-corrected chi connectivity index (χ4v) is 0. The van der Waals surface area contributed by atoms with E-state index in [0.717, 1.165) is 0 Å². The van der Waals surface area contributed by atoms with Gasteiger partial charge in [0.1, 0.15) is 0 Å². The molecule has 0 unspecified atom stereocenters. The quantitative estimate of drug-likeness (QED) is 0.474. The summed E-state index contributed by atoms with van der Waals surface area (Å²) in [5, 5.41) is 0. The molecule has 0 N–H and O–H groups in total. The summed E-state index contributed by atoms with van der Waals surface area (Å²) < 4.78 is 0. The van der Waals surface area contributed by atoms with Crippen LogP contribution in [0.1, 0.15) is 0 Å². The fraction of sp³-hybridized carbons (Fsp3) is 0. The molecule has 7 heteroatoms. The molecule has 6 radical (unpaired) electrons. The van der Waals surface area contributed by atoms with Crippen LogP contribution < -0.4 is 0 Å². The van der Waals surface area contributed by atoms with Gasteiger partial charge in [0.2, 0.25) is 0 Å². The first-order valence-corrected chi connectivity index (χ1v) is 0.408. The van der Waals surface area contributed by atoms with Crippen molar-refractivity contribution >= 4 is 13.6 Å². The Bertz CT molecular complexity index is 14.9. The number of hydrogen-bond acceptors (Lipinski definition) is 2. The summed E-state index contributed by atoms with van der Waals surface area (Å²) in [6, 6.07) is 0. The van der Waals surface area contributed by atoms with Crippen LogP contribution in [0.15, 0.2) is 0 Å². The minimum Gasteiger partial charge on any atom is -2.00 e. The zero-order valence-corrected chi connectivity index (χ0v) is 5.96. The molecule has 0 bridgehead atoms. The average Bonchev–Trinajstić information content (AvgIpc) is 1.50. The van der Waals surface area contributed by atoms with E-state index in [-0.39, 0.29) is 50.6 Å². The predicted molar refractivity (Wildman–Crippen MR) is 13.4 cm³/mol. The summed E-state index contributed by atoms with van der Waals surface area (Å²) in [6.45, 7) is 9.00. The van der Waals surface area contributed by atoms with Gasteiger partial charge in [0, 0.05) is 0 Å². The number of rotatable bonds is 0. The Balaban J connectivity index is -0.00000000114. The van der Waals surface area contributed by atoms with Crippen LogP contribution in [-0.2, 0) is 60.2 Å². The molecule has 0 saturated carbocycles. The van der Waals surface area contributed by atoms with Crippen molar-refractivity contribution in [2.24, 2.45) is 0 Å². The Kier molecular flexibility index (Phi) is 89200. The van der Waals surface area contributed by atoms with Gasteiger partial charge in [-0.25, -0.2) is 0 Å². The number of carbonyl (C=O) groups excluding carboxylic acids is 2. The van der Waals surface area contributed by atoms with E-state index in [1.807, 2.05) is 0 Å². The van der Waals surface area contributed by atoms with Gasteiger partial charge >= 0.3 is 34.1 Å². The summed E-state index contributed by atoms with van der Waals surface area (Å²) in [5.41, 5.74) is 0. The summed E-state index contributed by atoms with van der Waals surface area (Å²) in [7, 11) is 0. The molecule has 0 heterocycles. The SMILES string of the molecule is [C]=O.[C]=O.[Fe+3].[Fe+3].[O-2].[O-2].[O-2]. The van der Waals surface area contributed by atoms with Gasteiger partial charge < -0.3 is 16.4 Å². The second-order valence-electron chi connectivity index (χ2n) is 0. The summed E-state index contributed by atoms with van der Waals surface area (Å²) in [6.07, 6.45) is 0. The van der Waals surface area contributed by atoms with Crippen LogP contribution in [0.2, 0.25) is 0 Å². The molecule has 0 atom stereocenters. The minimum atomic E-state index is 0. The first kappa shape index (κ1) is 124. The summed E-state index contributed by atoms with van der Waals surface area (Å²) >= 11 is 0. The van der Waals surface area contributed by atoms with Crippen molar-refractivity contribution in [3.05, 3.63) is 0 Å². The molecule has 0 aromatic carbocycles. The van der Waals surface area contributed by atoms with Crippen LogP contribution in [0.3, 0.4) is 0 Å². The smallest absolute Gasteiger partial charge is 2.00 e. The first-order chi connectivity index (χ1) is 2.00. The van der Waals surface area contributed by atoms with E-state index in [0.29, 0.717) is 0 Å². The monoisotopic (exact) mass is 216 g/mol. The standard InChI is InChI=1S/2CO.2Fe.3O/c2*1-2;;;;;/q;;2*+3;3*-2. The average molecular weight is 216 g/mol. The molecule has 5 nitrogen and oxygen atoms in total. The van der Waals surface area contributed by atoms with E-state index in [1.165, 1.54) is 0 Å². The third-order valence-electron chi connectivity index (χ3n) is 0. The van der Waals surface area contributed by atoms with Gasteiger partial charge in [0.25, 0.3) is 13.6 Å². The second-order valence-corrected chi connectivity index (χ2v) is 0. The Labute approximate surface area is 74.1 Å². The predicted octanol–water partition coefficient (Wildman–Crippen LogP) is -1.16. The topological polar surface area (TPSA) is 120 Å². The van der Waals surface area contributed by atoms with Crippen LogP contribution in [0.25, 0.3) is 0 Å². The molecule has 0 fully saturated rings. The van der Waals surface area contributed by atoms with Crippen molar-refractivity contribution in [1.82, 2.24) is 0 Å². The normalized spacial score (nSPS) is 0.889. The van der Waals surface area contributed by atoms with E-state index < -0.39 is 0 Å². The van der Waals surface area contributed by atoms with Gasteiger partial charge in [-0.05, 0) is 0 Å². The van der Waals surface area contributed by atoms with Crippen LogP contribution in [-0.4, -0.2) is 13.6 Å². The van der Waals surface area contributed by atoms with Gasteiger partial charge in [-0.15, -0.1) is 0 Å². The molecule has 0 rings (SSSR count). The Morgan fingerprint density at radius 2 is 0.556 bits per heavy atom. The van der Waals surface area contributed by atoms with E-state index in [2.05, 4.69) is 13.6 Å². The van der Waals surface area contributed by atoms with Crippen molar-refractivity contribution in [3.63, 3.8) is 0 Å². The molecule has 0 aromatic heterocycles. The number of hydrogen-bond donors (Lipinski definition) is 0. The van der Waals surface area contributed by atoms with E-state index >= 15 is 0 Å². The van der Waals surface area contributed by atoms with Gasteiger partial charge in [-0.2, -0.15) is 0 Å². The van der Waals surface area contributed by atoms with Gasteiger partial charge in [-0.1, -0.05) is 0 Å². The largest absolute Gasteiger partial charge is 3.00 e. The van der Waals surface area contributed by atoms with Gasteiger partial charge in [-0.3, -0.25) is 9.59 Å². The van der Waals surface area contributed by atoms with Gasteiger partial charge in [0.05, 0.1) is 0 Å². The Morgan fingerprint density at radius 1 is 0.556 bits per heavy atom. The van der Waals surface area contributed by atoms with E-state index in [1.54, 1.807) is 0 Å². The Hall–Kier alpha value is 0.259. The molecular formula is C2Fe2O5. The molecule has 0 saturated heterocycles. The molecule has 0 aliphatic rings. The van der Waals surface area contributed by atoms with Crippen LogP contribution in [0, 0.1) is 0 Å². The molecule has 0 aliphatic carbocycles. The van der Waals surface area contributed by atoms with Gasteiger partial charge in [0.15, 0.2) is 0 Å². The molecule has 0 aromatic rings. The maximum Gasteiger partial charge on any atom is 3.00 e. The second kappa shape index (κ2) is 6490. The summed E-state index contributed by atoms with van der Waals surface area (Å²) in [4.78, 5) is 15.0. The fourth-order valence-electron chi connectivity index (χ4n) is 0. The van der Waals surface area contributed by atoms with E-state index in [9.17, 15) is 0 Å². The molecule has 9 heavy (non-hydrogen) atoms. The third kappa shape index (κ3) is 4820. The van der Waals surface area contributed by atoms with Crippen LogP contribution in [0.4, 0.5) is 0 Å². The molecular weight excluding hydrogens is 216 g/mol. The van der Waals surface area contributed by atoms with Crippen molar-refractivity contribution in [3.8, 4) is 0 Å². The minimum absolute atomic E-state index is 0. The van der Waals surface area contributed by atoms with Crippen molar-refractivity contribution in [1.29, 1.82) is 0 Å². The zero-order chi connectivity index (χ0) is 4.00. The molecule has 0 aliphatic heterocycles. The van der Waals surface area contributed by atoms with Crippen molar-refractivity contribution < 1.29 is 60.2 Å². The summed E-state index contributed by atoms with van der Waals surface area (Å²) in [5.74, 6) is 0. The third-order valence-corrected chi connectivity index (χ3v) is 0. The first-order valence-electron chi connectivity index (χ1n) is 0.408. The maximum absolute atomic E-state index is 7.50. The zero-order valence-electron chi connectivity index (χ0n) is 3.75. The molecule has 54 valence electrons. The van der Waals surface area contributed by atoms with E-state index in [4.69, 9.17) is 9.59 Å². The van der Waals surface area contributed by atoms with Crippen LogP contribution >= 0.6 is 0 Å². The molecule has 0 amide bonds.